The fourth-order valence-electron chi connectivity index (χ4n) is 3.65. The molecule has 0 spiro atoms. The van der Waals surface area contributed by atoms with Crippen molar-refractivity contribution in [2.45, 2.75) is 47.0 Å². The molecule has 0 bridgehead atoms. The zero-order valence-corrected chi connectivity index (χ0v) is 16.5. The van der Waals surface area contributed by atoms with E-state index >= 15 is 0 Å². The van der Waals surface area contributed by atoms with Gasteiger partial charge in [0, 0.05) is 18.7 Å². The highest BCUT2D eigenvalue weighted by Gasteiger charge is 2.37. The fourth-order valence-corrected chi connectivity index (χ4v) is 3.65. The second-order valence-corrected chi connectivity index (χ2v) is 7.23. The molecule has 142 valence electrons. The van der Waals surface area contributed by atoms with E-state index in [1.54, 1.807) is 4.90 Å². The molecule has 27 heavy (non-hydrogen) atoms. The maximum Gasteiger partial charge on any atom is 0.316 e. The van der Waals surface area contributed by atoms with Crippen LogP contribution in [0.15, 0.2) is 36.4 Å². The minimum Gasteiger partial charge on any atom is -0.426 e. The highest BCUT2D eigenvalue weighted by Crippen LogP contribution is 2.33. The summed E-state index contributed by atoms with van der Waals surface area (Å²) in [5.41, 5.74) is 5.23. The van der Waals surface area contributed by atoms with Gasteiger partial charge in [-0.25, -0.2) is 0 Å². The zero-order chi connectivity index (χ0) is 19.6. The van der Waals surface area contributed by atoms with Gasteiger partial charge in [-0.15, -0.1) is 0 Å². The van der Waals surface area contributed by atoms with Crippen LogP contribution in [-0.2, 0) is 22.4 Å². The molecule has 0 N–H and O–H groups in total. The number of nitrogens with zero attached hydrogens (tertiary/aromatic N) is 1. The number of hydrogen-bond donors (Lipinski definition) is 0. The summed E-state index contributed by atoms with van der Waals surface area (Å²) in [5.74, 6) is -0.193. The molecule has 1 amide bonds. The van der Waals surface area contributed by atoms with E-state index in [-0.39, 0.29) is 18.3 Å². The quantitative estimate of drug-likeness (QED) is 0.583. The van der Waals surface area contributed by atoms with Crippen LogP contribution in [0, 0.1) is 19.8 Å². The molecule has 0 aliphatic carbocycles. The Balaban J connectivity index is 1.82. The van der Waals surface area contributed by atoms with Crippen LogP contribution in [0.4, 0.5) is 5.69 Å². The Morgan fingerprint density at radius 2 is 1.78 bits per heavy atom. The Morgan fingerprint density at radius 1 is 1.11 bits per heavy atom. The number of hydrogen-bond acceptors (Lipinski definition) is 3. The maximum atomic E-state index is 12.7. The smallest absolute Gasteiger partial charge is 0.316 e. The third kappa shape index (κ3) is 3.90. The SMILES string of the molecule is CCc1cccc(CC)c1N1C[C@H](C(=O)Oc2cc(C)ccc2C)CC1=O. The standard InChI is InChI=1S/C23H27NO3/c1-5-17-8-7-9-18(6-2)22(17)24-14-19(13-21(24)25)23(26)27-20-12-15(3)10-11-16(20)4/h7-12,19H,5-6,13-14H2,1-4H3/t19-/m1/s1. The maximum absolute atomic E-state index is 12.7. The van der Waals surface area contributed by atoms with Crippen LogP contribution in [0.25, 0.3) is 0 Å². The van der Waals surface area contributed by atoms with Gasteiger partial charge < -0.3 is 9.64 Å². The molecule has 2 aromatic carbocycles. The van der Waals surface area contributed by atoms with Crippen molar-refractivity contribution in [3.8, 4) is 5.75 Å². The van der Waals surface area contributed by atoms with Gasteiger partial charge in [-0.3, -0.25) is 9.59 Å². The first-order chi connectivity index (χ1) is 12.9. The van der Waals surface area contributed by atoms with E-state index in [0.29, 0.717) is 12.3 Å². The number of esters is 1. The van der Waals surface area contributed by atoms with Gasteiger partial charge in [-0.1, -0.05) is 44.2 Å². The Bertz CT molecular complexity index is 850. The van der Waals surface area contributed by atoms with Crippen molar-refractivity contribution in [3.63, 3.8) is 0 Å². The van der Waals surface area contributed by atoms with E-state index in [1.807, 2.05) is 38.1 Å². The number of amides is 1. The first-order valence-electron chi connectivity index (χ1n) is 9.64. The Hall–Kier alpha value is -2.62. The summed E-state index contributed by atoms with van der Waals surface area (Å²) < 4.78 is 5.64. The van der Waals surface area contributed by atoms with Crippen molar-refractivity contribution < 1.29 is 14.3 Å². The molecule has 3 rings (SSSR count). The number of carbonyl (C=O) groups is 2. The summed E-state index contributed by atoms with van der Waals surface area (Å²) in [6.45, 7) is 8.44. The molecular formula is C23H27NO3. The fraction of sp³-hybridized carbons (Fsp3) is 0.391. The number of ether oxygens (including phenoxy) is 1. The van der Waals surface area contributed by atoms with E-state index < -0.39 is 5.92 Å². The topological polar surface area (TPSA) is 46.6 Å². The molecule has 0 unspecified atom stereocenters. The lowest BCUT2D eigenvalue weighted by Crippen LogP contribution is -2.29. The minimum atomic E-state index is -0.438. The lowest BCUT2D eigenvalue weighted by atomic mass is 10.0. The Morgan fingerprint density at radius 3 is 2.41 bits per heavy atom. The van der Waals surface area contributed by atoms with Crippen LogP contribution in [0.2, 0.25) is 0 Å². The van der Waals surface area contributed by atoms with Gasteiger partial charge in [0.05, 0.1) is 5.92 Å². The molecule has 0 radical (unpaired) electrons. The largest absolute Gasteiger partial charge is 0.426 e. The van der Waals surface area contributed by atoms with Crippen LogP contribution in [-0.4, -0.2) is 18.4 Å². The van der Waals surface area contributed by atoms with Crippen LogP contribution in [0.5, 0.6) is 5.75 Å². The number of aryl methyl sites for hydroxylation is 4. The van der Waals surface area contributed by atoms with E-state index in [1.165, 1.54) is 0 Å². The molecule has 2 aromatic rings. The van der Waals surface area contributed by atoms with Gasteiger partial charge in [0.15, 0.2) is 0 Å². The molecule has 1 aliphatic heterocycles. The Kier molecular flexibility index (Phi) is 5.64. The molecule has 1 saturated heterocycles. The van der Waals surface area contributed by atoms with Crippen molar-refractivity contribution in [2.24, 2.45) is 5.92 Å². The molecule has 1 fully saturated rings. The van der Waals surface area contributed by atoms with Gasteiger partial charge in [0.25, 0.3) is 0 Å². The monoisotopic (exact) mass is 365 g/mol. The molecular weight excluding hydrogens is 338 g/mol. The first kappa shape index (κ1) is 19.2. The number of anilines is 1. The number of rotatable bonds is 5. The molecule has 0 aromatic heterocycles. The first-order valence-corrected chi connectivity index (χ1v) is 9.64. The predicted molar refractivity (Wildman–Crippen MR) is 107 cm³/mol. The van der Waals surface area contributed by atoms with Gasteiger partial charge in [0.2, 0.25) is 5.91 Å². The second-order valence-electron chi connectivity index (χ2n) is 7.23. The average Bonchev–Trinajstić information content (AvgIpc) is 3.05. The van der Waals surface area contributed by atoms with Crippen LogP contribution in [0.1, 0.15) is 42.5 Å². The molecule has 1 heterocycles. The summed E-state index contributed by atoms with van der Waals surface area (Å²) >= 11 is 0. The lowest BCUT2D eigenvalue weighted by Gasteiger charge is -2.23. The van der Waals surface area contributed by atoms with Crippen molar-refractivity contribution >= 4 is 17.6 Å². The number of carbonyl (C=O) groups excluding carboxylic acids is 2. The normalized spacial score (nSPS) is 16.7. The van der Waals surface area contributed by atoms with Gasteiger partial charge in [-0.05, 0) is 55.0 Å². The molecule has 0 saturated carbocycles. The predicted octanol–water partition coefficient (Wildman–Crippen LogP) is 4.39. The van der Waals surface area contributed by atoms with Crippen LogP contribution >= 0.6 is 0 Å². The van der Waals surface area contributed by atoms with Crippen molar-refractivity contribution in [1.29, 1.82) is 0 Å². The zero-order valence-electron chi connectivity index (χ0n) is 16.5. The number of para-hydroxylation sites is 1. The van der Waals surface area contributed by atoms with E-state index in [0.717, 1.165) is 40.8 Å². The molecule has 4 heteroatoms. The van der Waals surface area contributed by atoms with Gasteiger partial charge in [0.1, 0.15) is 5.75 Å². The highest BCUT2D eigenvalue weighted by atomic mass is 16.5. The summed E-state index contributed by atoms with van der Waals surface area (Å²) in [7, 11) is 0. The van der Waals surface area contributed by atoms with Gasteiger partial charge in [-0.2, -0.15) is 0 Å². The summed E-state index contributed by atoms with van der Waals surface area (Å²) in [4.78, 5) is 27.2. The Labute approximate surface area is 161 Å². The summed E-state index contributed by atoms with van der Waals surface area (Å²) in [6, 6.07) is 11.9. The van der Waals surface area contributed by atoms with E-state index in [2.05, 4.69) is 26.0 Å². The van der Waals surface area contributed by atoms with E-state index in [4.69, 9.17) is 4.74 Å². The lowest BCUT2D eigenvalue weighted by molar-refractivity contribution is -0.139. The average molecular weight is 365 g/mol. The van der Waals surface area contributed by atoms with Gasteiger partial charge >= 0.3 is 5.97 Å². The van der Waals surface area contributed by atoms with E-state index in [9.17, 15) is 9.59 Å². The molecule has 1 atom stereocenters. The number of benzene rings is 2. The summed E-state index contributed by atoms with van der Waals surface area (Å²) in [6.07, 6.45) is 1.90. The second kappa shape index (κ2) is 7.95. The summed E-state index contributed by atoms with van der Waals surface area (Å²) in [5, 5.41) is 0. The van der Waals surface area contributed by atoms with Crippen molar-refractivity contribution in [2.75, 3.05) is 11.4 Å². The van der Waals surface area contributed by atoms with Crippen molar-refractivity contribution in [3.05, 3.63) is 58.7 Å². The van der Waals surface area contributed by atoms with Crippen LogP contribution in [0.3, 0.4) is 0 Å². The minimum absolute atomic E-state index is 0.00601. The highest BCUT2D eigenvalue weighted by molar-refractivity contribution is 6.01. The third-order valence-electron chi connectivity index (χ3n) is 5.25. The molecule has 1 aliphatic rings. The van der Waals surface area contributed by atoms with Crippen molar-refractivity contribution in [1.82, 2.24) is 0 Å². The molecule has 4 nitrogen and oxygen atoms in total. The van der Waals surface area contributed by atoms with Crippen LogP contribution < -0.4 is 9.64 Å². The third-order valence-corrected chi connectivity index (χ3v) is 5.25.